The standard InChI is InChI=1S/C20H24N6/c1-13-12-16(14-6-4-3-5-7-14)23-19-17(13)18(21)24-20(25-19)22-15-8-10-26(2)11-9-15/h3-7,12,15H,8-11H2,1-2H3,(H3,21,22,23,24,25). The van der Waals surface area contributed by atoms with E-state index in [4.69, 9.17) is 10.7 Å². The van der Waals surface area contributed by atoms with Crippen LogP contribution in [0.4, 0.5) is 11.8 Å². The van der Waals surface area contributed by atoms with Gasteiger partial charge in [-0.1, -0.05) is 30.3 Å². The number of likely N-dealkylation sites (tertiary alicyclic amines) is 1. The van der Waals surface area contributed by atoms with Gasteiger partial charge in [0.2, 0.25) is 5.95 Å². The fourth-order valence-electron chi connectivity index (χ4n) is 3.51. The maximum Gasteiger partial charge on any atom is 0.226 e. The van der Waals surface area contributed by atoms with Crippen molar-refractivity contribution in [3.8, 4) is 11.3 Å². The smallest absolute Gasteiger partial charge is 0.226 e. The summed E-state index contributed by atoms with van der Waals surface area (Å²) in [6.07, 6.45) is 2.16. The highest BCUT2D eigenvalue weighted by molar-refractivity contribution is 5.91. The summed E-state index contributed by atoms with van der Waals surface area (Å²) in [4.78, 5) is 16.2. The Morgan fingerprint density at radius 2 is 1.81 bits per heavy atom. The molecule has 1 aliphatic heterocycles. The van der Waals surface area contributed by atoms with Crippen molar-refractivity contribution in [1.82, 2.24) is 19.9 Å². The van der Waals surface area contributed by atoms with E-state index in [1.54, 1.807) is 0 Å². The molecular weight excluding hydrogens is 324 g/mol. The second-order valence-electron chi connectivity index (χ2n) is 7.04. The second-order valence-corrected chi connectivity index (χ2v) is 7.04. The van der Waals surface area contributed by atoms with Gasteiger partial charge < -0.3 is 16.0 Å². The summed E-state index contributed by atoms with van der Waals surface area (Å²) in [6.45, 7) is 4.19. The number of benzene rings is 1. The first-order valence-electron chi connectivity index (χ1n) is 9.05. The van der Waals surface area contributed by atoms with Crippen LogP contribution in [0.5, 0.6) is 0 Å². The Morgan fingerprint density at radius 1 is 1.08 bits per heavy atom. The van der Waals surface area contributed by atoms with Crippen LogP contribution in [-0.2, 0) is 0 Å². The molecule has 2 aromatic heterocycles. The topological polar surface area (TPSA) is 80.0 Å². The van der Waals surface area contributed by atoms with Crippen molar-refractivity contribution in [2.24, 2.45) is 0 Å². The summed E-state index contributed by atoms with van der Waals surface area (Å²) >= 11 is 0. The lowest BCUT2D eigenvalue weighted by Gasteiger charge is -2.29. The van der Waals surface area contributed by atoms with Crippen LogP contribution in [0, 0.1) is 6.92 Å². The molecule has 0 atom stereocenters. The van der Waals surface area contributed by atoms with E-state index in [0.717, 1.165) is 48.1 Å². The van der Waals surface area contributed by atoms with Crippen LogP contribution >= 0.6 is 0 Å². The zero-order valence-electron chi connectivity index (χ0n) is 15.2. The van der Waals surface area contributed by atoms with Crippen LogP contribution in [0.25, 0.3) is 22.3 Å². The van der Waals surface area contributed by atoms with Crippen LogP contribution in [0.1, 0.15) is 18.4 Å². The van der Waals surface area contributed by atoms with Crippen LogP contribution in [0.2, 0.25) is 0 Å². The van der Waals surface area contributed by atoms with E-state index in [9.17, 15) is 0 Å². The van der Waals surface area contributed by atoms with Crippen LogP contribution in [0.3, 0.4) is 0 Å². The molecule has 4 rings (SSSR count). The third-order valence-corrected chi connectivity index (χ3v) is 5.01. The van der Waals surface area contributed by atoms with E-state index in [-0.39, 0.29) is 0 Å². The Bertz CT molecular complexity index is 916. The molecule has 0 unspecified atom stereocenters. The summed E-state index contributed by atoms with van der Waals surface area (Å²) in [7, 11) is 2.15. The second kappa shape index (κ2) is 6.88. The summed E-state index contributed by atoms with van der Waals surface area (Å²) in [6, 6.07) is 12.5. The Morgan fingerprint density at radius 3 is 2.54 bits per heavy atom. The third-order valence-electron chi connectivity index (χ3n) is 5.01. The molecule has 1 aromatic carbocycles. The molecule has 134 valence electrons. The lowest BCUT2D eigenvalue weighted by atomic mass is 10.1. The minimum atomic E-state index is 0.376. The fraction of sp³-hybridized carbons (Fsp3) is 0.350. The molecule has 0 aliphatic carbocycles. The van der Waals surface area contributed by atoms with Crippen LogP contribution < -0.4 is 11.1 Å². The molecule has 0 radical (unpaired) electrons. The Kier molecular flexibility index (Phi) is 4.42. The Hall–Kier alpha value is -2.73. The van der Waals surface area contributed by atoms with E-state index in [2.05, 4.69) is 39.4 Å². The minimum absolute atomic E-state index is 0.376. The van der Waals surface area contributed by atoms with Gasteiger partial charge in [0.05, 0.1) is 11.1 Å². The number of rotatable bonds is 3. The highest BCUT2D eigenvalue weighted by Gasteiger charge is 2.18. The van der Waals surface area contributed by atoms with Crippen molar-refractivity contribution in [1.29, 1.82) is 0 Å². The van der Waals surface area contributed by atoms with Gasteiger partial charge in [-0.15, -0.1) is 0 Å². The van der Waals surface area contributed by atoms with E-state index < -0.39 is 0 Å². The number of hydrogen-bond donors (Lipinski definition) is 2. The number of fused-ring (bicyclic) bond motifs is 1. The largest absolute Gasteiger partial charge is 0.383 e. The fourth-order valence-corrected chi connectivity index (χ4v) is 3.51. The Labute approximate surface area is 153 Å². The molecular formula is C20H24N6. The first-order valence-corrected chi connectivity index (χ1v) is 9.05. The van der Waals surface area contributed by atoms with Gasteiger partial charge in [0.1, 0.15) is 5.82 Å². The molecule has 3 N–H and O–H groups in total. The molecule has 1 fully saturated rings. The number of nitrogens with two attached hydrogens (primary N) is 1. The van der Waals surface area contributed by atoms with Crippen LogP contribution in [-0.4, -0.2) is 46.0 Å². The number of aryl methyl sites for hydroxylation is 1. The number of pyridine rings is 1. The number of anilines is 2. The lowest BCUT2D eigenvalue weighted by molar-refractivity contribution is 0.263. The monoisotopic (exact) mass is 348 g/mol. The highest BCUT2D eigenvalue weighted by Crippen LogP contribution is 2.27. The van der Waals surface area contributed by atoms with Crippen molar-refractivity contribution in [3.05, 3.63) is 42.0 Å². The van der Waals surface area contributed by atoms with Crippen molar-refractivity contribution >= 4 is 22.8 Å². The zero-order valence-corrected chi connectivity index (χ0v) is 15.2. The van der Waals surface area contributed by atoms with E-state index in [1.165, 1.54) is 0 Å². The van der Waals surface area contributed by atoms with Gasteiger partial charge in [-0.25, -0.2) is 4.98 Å². The maximum atomic E-state index is 6.23. The van der Waals surface area contributed by atoms with Gasteiger partial charge in [0.25, 0.3) is 0 Å². The van der Waals surface area contributed by atoms with E-state index in [1.807, 2.05) is 31.2 Å². The third kappa shape index (κ3) is 3.32. The number of aromatic nitrogens is 3. The summed E-state index contributed by atoms with van der Waals surface area (Å²) in [5.74, 6) is 1.05. The van der Waals surface area contributed by atoms with E-state index >= 15 is 0 Å². The molecule has 0 saturated carbocycles. The van der Waals surface area contributed by atoms with Crippen molar-refractivity contribution in [3.63, 3.8) is 0 Å². The number of hydrogen-bond acceptors (Lipinski definition) is 6. The summed E-state index contributed by atoms with van der Waals surface area (Å²) in [5.41, 5.74) is 9.89. The zero-order chi connectivity index (χ0) is 18.1. The van der Waals surface area contributed by atoms with Gasteiger partial charge >= 0.3 is 0 Å². The van der Waals surface area contributed by atoms with Crippen molar-refractivity contribution in [2.45, 2.75) is 25.8 Å². The van der Waals surface area contributed by atoms with Gasteiger partial charge in [-0.3, -0.25) is 0 Å². The number of nitrogen functional groups attached to an aromatic ring is 1. The summed E-state index contributed by atoms with van der Waals surface area (Å²) in [5, 5.41) is 4.28. The molecule has 3 heterocycles. The van der Waals surface area contributed by atoms with Crippen molar-refractivity contribution in [2.75, 3.05) is 31.2 Å². The molecule has 1 saturated heterocycles. The highest BCUT2D eigenvalue weighted by atomic mass is 15.2. The Balaban J connectivity index is 1.70. The first kappa shape index (κ1) is 16.7. The van der Waals surface area contributed by atoms with E-state index in [0.29, 0.717) is 23.5 Å². The van der Waals surface area contributed by atoms with Gasteiger partial charge in [0.15, 0.2) is 5.65 Å². The number of nitrogens with zero attached hydrogens (tertiary/aromatic N) is 4. The molecule has 0 amide bonds. The van der Waals surface area contributed by atoms with Crippen molar-refractivity contribution < 1.29 is 0 Å². The maximum absolute atomic E-state index is 6.23. The predicted octanol–water partition coefficient (Wildman–Crippen LogP) is 3.09. The lowest BCUT2D eigenvalue weighted by Crippen LogP contribution is -2.37. The molecule has 6 nitrogen and oxygen atoms in total. The van der Waals surface area contributed by atoms with Gasteiger partial charge in [0, 0.05) is 11.6 Å². The molecule has 1 aliphatic rings. The quantitative estimate of drug-likeness (QED) is 0.757. The predicted molar refractivity (Wildman–Crippen MR) is 106 cm³/mol. The molecule has 3 aromatic rings. The molecule has 0 spiro atoms. The first-order chi connectivity index (χ1) is 12.6. The van der Waals surface area contributed by atoms with Crippen LogP contribution in [0.15, 0.2) is 36.4 Å². The average Bonchev–Trinajstić information content (AvgIpc) is 2.64. The number of nitrogens with one attached hydrogen (secondary N) is 1. The summed E-state index contributed by atoms with van der Waals surface area (Å²) < 4.78 is 0. The molecule has 0 bridgehead atoms. The average molecular weight is 348 g/mol. The number of piperidine rings is 1. The minimum Gasteiger partial charge on any atom is -0.383 e. The SMILES string of the molecule is Cc1cc(-c2ccccc2)nc2nc(NC3CCN(C)CC3)nc(N)c12. The van der Waals surface area contributed by atoms with Gasteiger partial charge in [-0.05, 0) is 51.5 Å². The molecule has 26 heavy (non-hydrogen) atoms. The normalized spacial score (nSPS) is 16.1. The van der Waals surface area contributed by atoms with Gasteiger partial charge in [-0.2, -0.15) is 9.97 Å². The molecule has 6 heteroatoms.